The molecule has 1 aromatic rings. The third-order valence-corrected chi connectivity index (χ3v) is 2.59. The molecule has 21 heavy (non-hydrogen) atoms. The molecule has 1 heterocycles. The van der Waals surface area contributed by atoms with Gasteiger partial charge in [-0.3, -0.25) is 9.59 Å². The van der Waals surface area contributed by atoms with Crippen LogP contribution >= 0.6 is 0 Å². The molecule has 0 unspecified atom stereocenters. The number of hydrogen-bond donors (Lipinski definition) is 3. The first-order valence-electron chi connectivity index (χ1n) is 6.22. The molecule has 1 amide bonds. The quantitative estimate of drug-likeness (QED) is 0.690. The standard InChI is InChI=1S/C14H16FN3O3/c1-3-9(6-5-7-15)8-16-13(20)11-12(19)14(21)18-10(4-2)17-11/h3,5-7,19H,1,4,8H2,2H3,(H,16,20)(H,17,18,21)/b7-5+,9-6+. The van der Waals surface area contributed by atoms with Crippen LogP contribution in [0.4, 0.5) is 4.39 Å². The molecule has 0 fully saturated rings. The Morgan fingerprint density at radius 3 is 2.86 bits per heavy atom. The van der Waals surface area contributed by atoms with Crippen molar-refractivity contribution >= 4 is 5.91 Å². The highest BCUT2D eigenvalue weighted by molar-refractivity contribution is 5.94. The first-order chi connectivity index (χ1) is 10.0. The third kappa shape index (κ3) is 4.41. The molecular weight excluding hydrogens is 277 g/mol. The van der Waals surface area contributed by atoms with Gasteiger partial charge in [-0.1, -0.05) is 25.7 Å². The fraction of sp³-hybridized carbons (Fsp3) is 0.214. The summed E-state index contributed by atoms with van der Waals surface area (Å²) in [5, 5.41) is 12.1. The largest absolute Gasteiger partial charge is 0.501 e. The molecule has 0 aromatic carbocycles. The lowest BCUT2D eigenvalue weighted by Gasteiger charge is -2.07. The summed E-state index contributed by atoms with van der Waals surface area (Å²) < 4.78 is 11.9. The second-order valence-electron chi connectivity index (χ2n) is 4.01. The first-order valence-corrected chi connectivity index (χ1v) is 6.22. The summed E-state index contributed by atoms with van der Waals surface area (Å²) in [7, 11) is 0. The molecule has 0 aliphatic carbocycles. The highest BCUT2D eigenvalue weighted by Gasteiger charge is 2.17. The summed E-state index contributed by atoms with van der Waals surface area (Å²) in [4.78, 5) is 29.6. The van der Waals surface area contributed by atoms with Gasteiger partial charge < -0.3 is 15.4 Å². The number of halogens is 1. The van der Waals surface area contributed by atoms with Crippen molar-refractivity contribution in [1.82, 2.24) is 15.3 Å². The van der Waals surface area contributed by atoms with E-state index in [-0.39, 0.29) is 12.2 Å². The lowest BCUT2D eigenvalue weighted by Crippen LogP contribution is -2.28. The lowest BCUT2D eigenvalue weighted by molar-refractivity contribution is 0.0948. The number of carbonyl (C=O) groups excluding carboxylic acids is 1. The Labute approximate surface area is 120 Å². The Balaban J connectivity index is 2.92. The molecule has 0 saturated carbocycles. The van der Waals surface area contributed by atoms with E-state index < -0.39 is 17.2 Å². The van der Waals surface area contributed by atoms with Crippen molar-refractivity contribution in [3.05, 3.63) is 58.6 Å². The predicted molar refractivity (Wildman–Crippen MR) is 76.8 cm³/mol. The molecule has 0 atom stereocenters. The summed E-state index contributed by atoms with van der Waals surface area (Å²) in [5.74, 6) is -1.15. The molecule has 6 nitrogen and oxygen atoms in total. The van der Waals surface area contributed by atoms with Crippen molar-refractivity contribution in [2.45, 2.75) is 13.3 Å². The molecule has 0 aliphatic heterocycles. The number of aromatic nitrogens is 2. The van der Waals surface area contributed by atoms with E-state index in [1.165, 1.54) is 12.2 Å². The van der Waals surface area contributed by atoms with E-state index in [2.05, 4.69) is 21.9 Å². The number of allylic oxidation sites excluding steroid dienone is 2. The Bertz CT molecular complexity index is 647. The van der Waals surface area contributed by atoms with Gasteiger partial charge >= 0.3 is 0 Å². The number of rotatable bonds is 6. The van der Waals surface area contributed by atoms with E-state index >= 15 is 0 Å². The molecule has 0 spiro atoms. The third-order valence-electron chi connectivity index (χ3n) is 2.59. The lowest BCUT2D eigenvalue weighted by atomic mass is 10.2. The molecule has 0 bridgehead atoms. The van der Waals surface area contributed by atoms with Crippen LogP contribution in [0.25, 0.3) is 0 Å². The van der Waals surface area contributed by atoms with Crippen LogP contribution in [0.5, 0.6) is 5.75 Å². The number of nitrogens with zero attached hydrogens (tertiary/aromatic N) is 1. The van der Waals surface area contributed by atoms with Crippen molar-refractivity contribution in [2.24, 2.45) is 0 Å². The Morgan fingerprint density at radius 2 is 2.29 bits per heavy atom. The van der Waals surface area contributed by atoms with E-state index in [4.69, 9.17) is 0 Å². The number of amides is 1. The van der Waals surface area contributed by atoms with Crippen molar-refractivity contribution in [1.29, 1.82) is 0 Å². The minimum Gasteiger partial charge on any atom is -0.501 e. The van der Waals surface area contributed by atoms with Gasteiger partial charge in [0.25, 0.3) is 11.5 Å². The zero-order valence-corrected chi connectivity index (χ0v) is 11.5. The average Bonchev–Trinajstić information content (AvgIpc) is 2.49. The van der Waals surface area contributed by atoms with Gasteiger partial charge in [0.1, 0.15) is 5.82 Å². The zero-order chi connectivity index (χ0) is 15.8. The normalized spacial score (nSPS) is 11.6. The predicted octanol–water partition coefficient (Wildman–Crippen LogP) is 1.36. The topological polar surface area (TPSA) is 95.1 Å². The van der Waals surface area contributed by atoms with Crippen LogP contribution in [-0.4, -0.2) is 27.5 Å². The van der Waals surface area contributed by atoms with Gasteiger partial charge in [0.2, 0.25) is 5.75 Å². The number of aromatic amines is 1. The van der Waals surface area contributed by atoms with Gasteiger partial charge in [-0.05, 0) is 11.6 Å². The Kier molecular flexibility index (Phi) is 6.06. The highest BCUT2D eigenvalue weighted by atomic mass is 19.1. The Hall–Kier alpha value is -2.70. The molecule has 0 saturated heterocycles. The summed E-state index contributed by atoms with van der Waals surface area (Å²) >= 11 is 0. The fourth-order valence-corrected chi connectivity index (χ4v) is 1.46. The number of aryl methyl sites for hydroxylation is 1. The van der Waals surface area contributed by atoms with Gasteiger partial charge in [0.15, 0.2) is 5.69 Å². The van der Waals surface area contributed by atoms with Crippen LogP contribution in [-0.2, 0) is 6.42 Å². The van der Waals surface area contributed by atoms with Gasteiger partial charge in [-0.25, -0.2) is 9.37 Å². The van der Waals surface area contributed by atoms with Crippen molar-refractivity contribution in [3.8, 4) is 5.75 Å². The molecule has 1 aromatic heterocycles. The number of H-pyrrole nitrogens is 1. The number of aromatic hydroxyl groups is 1. The van der Waals surface area contributed by atoms with Crippen LogP contribution < -0.4 is 10.9 Å². The van der Waals surface area contributed by atoms with Crippen molar-refractivity contribution in [2.75, 3.05) is 6.54 Å². The smallest absolute Gasteiger partial charge is 0.293 e. The van der Waals surface area contributed by atoms with Gasteiger partial charge in [-0.15, -0.1) is 0 Å². The molecule has 3 N–H and O–H groups in total. The summed E-state index contributed by atoms with van der Waals surface area (Å²) in [6.45, 7) is 5.33. The summed E-state index contributed by atoms with van der Waals surface area (Å²) in [6.07, 6.45) is 4.79. The average molecular weight is 293 g/mol. The van der Waals surface area contributed by atoms with Crippen LogP contribution in [0.15, 0.2) is 41.5 Å². The molecular formula is C14H16FN3O3. The highest BCUT2D eigenvalue weighted by Crippen LogP contribution is 2.08. The molecule has 112 valence electrons. The van der Waals surface area contributed by atoms with Crippen LogP contribution in [0.2, 0.25) is 0 Å². The molecule has 0 aliphatic rings. The maximum atomic E-state index is 11.9. The van der Waals surface area contributed by atoms with Crippen molar-refractivity contribution < 1.29 is 14.3 Å². The van der Waals surface area contributed by atoms with Gasteiger partial charge in [-0.2, -0.15) is 0 Å². The van der Waals surface area contributed by atoms with E-state index in [0.29, 0.717) is 24.1 Å². The first kappa shape index (κ1) is 16.4. The SMILES string of the molecule is C=C/C(=C\C=C\F)CNC(=O)c1nc(CC)[nH]c(=O)c1O. The molecule has 7 heteroatoms. The van der Waals surface area contributed by atoms with Gasteiger partial charge in [0.05, 0.1) is 6.33 Å². The van der Waals surface area contributed by atoms with E-state index in [0.717, 1.165) is 6.08 Å². The minimum absolute atomic E-state index is 0.0576. The zero-order valence-electron chi connectivity index (χ0n) is 11.5. The molecule has 0 radical (unpaired) electrons. The van der Waals surface area contributed by atoms with Crippen LogP contribution in [0, 0.1) is 0 Å². The number of nitrogens with one attached hydrogen (secondary N) is 2. The molecule has 1 rings (SSSR count). The van der Waals surface area contributed by atoms with Gasteiger partial charge in [0, 0.05) is 13.0 Å². The second kappa shape index (κ2) is 7.78. The Morgan fingerprint density at radius 1 is 1.57 bits per heavy atom. The number of carbonyl (C=O) groups is 1. The fourth-order valence-electron chi connectivity index (χ4n) is 1.46. The summed E-state index contributed by atoms with van der Waals surface area (Å²) in [5.41, 5.74) is -0.566. The van der Waals surface area contributed by atoms with Crippen LogP contribution in [0.3, 0.4) is 0 Å². The monoisotopic (exact) mass is 293 g/mol. The maximum absolute atomic E-state index is 11.9. The summed E-state index contributed by atoms with van der Waals surface area (Å²) in [6, 6.07) is 0. The van der Waals surface area contributed by atoms with E-state index in [9.17, 15) is 19.1 Å². The van der Waals surface area contributed by atoms with Crippen LogP contribution in [0.1, 0.15) is 23.2 Å². The minimum atomic E-state index is -0.771. The van der Waals surface area contributed by atoms with E-state index in [1.807, 2.05) is 0 Å². The van der Waals surface area contributed by atoms with Crippen molar-refractivity contribution in [3.63, 3.8) is 0 Å². The maximum Gasteiger partial charge on any atom is 0.293 e. The number of hydrogen-bond acceptors (Lipinski definition) is 4. The van der Waals surface area contributed by atoms with E-state index in [1.54, 1.807) is 6.92 Å². The second-order valence-corrected chi connectivity index (χ2v) is 4.01.